The molecule has 1 saturated heterocycles. The van der Waals surface area contributed by atoms with Gasteiger partial charge < -0.3 is 0 Å². The Bertz CT molecular complexity index is 708. The molecule has 1 aromatic carbocycles. The number of nitrogens with one attached hydrogen (secondary N) is 1. The van der Waals surface area contributed by atoms with Gasteiger partial charge in [0.25, 0.3) is 0 Å². The van der Waals surface area contributed by atoms with Crippen molar-refractivity contribution in [2.24, 2.45) is 5.92 Å². The van der Waals surface area contributed by atoms with Gasteiger partial charge in [-0.1, -0.05) is 6.07 Å². The summed E-state index contributed by atoms with van der Waals surface area (Å²) >= 11 is 0. The highest BCUT2D eigenvalue weighted by molar-refractivity contribution is 7.91. The van der Waals surface area contributed by atoms with Crippen molar-refractivity contribution < 1.29 is 16.8 Å². The number of sulfone groups is 1. The highest BCUT2D eigenvalue weighted by atomic mass is 32.2. The number of benzene rings is 1. The Balaban J connectivity index is 2.06. The maximum Gasteiger partial charge on any atom is 0.240 e. The van der Waals surface area contributed by atoms with Gasteiger partial charge in [-0.3, -0.25) is 0 Å². The van der Waals surface area contributed by atoms with E-state index in [1.54, 1.807) is 18.2 Å². The number of sulfonamides is 1. The van der Waals surface area contributed by atoms with Gasteiger partial charge in [-0.05, 0) is 49.4 Å². The molecule has 1 fully saturated rings. The molecule has 0 spiro atoms. The third-order valence-corrected chi connectivity index (χ3v) is 6.94. The van der Waals surface area contributed by atoms with Crippen LogP contribution in [0.25, 0.3) is 0 Å². The lowest BCUT2D eigenvalue weighted by Gasteiger charge is -2.11. The van der Waals surface area contributed by atoms with Crippen molar-refractivity contribution in [1.82, 2.24) is 4.72 Å². The van der Waals surface area contributed by atoms with Crippen LogP contribution in [0.15, 0.2) is 23.1 Å². The van der Waals surface area contributed by atoms with Gasteiger partial charge in [0.2, 0.25) is 10.0 Å². The largest absolute Gasteiger partial charge is 0.240 e. The Morgan fingerprint density at radius 2 is 1.95 bits per heavy atom. The Labute approximate surface area is 120 Å². The molecule has 0 radical (unpaired) electrons. The first-order chi connectivity index (χ1) is 9.20. The van der Waals surface area contributed by atoms with Crippen LogP contribution in [0.4, 0.5) is 0 Å². The summed E-state index contributed by atoms with van der Waals surface area (Å²) in [6.07, 6.45) is 0.526. The summed E-state index contributed by atoms with van der Waals surface area (Å²) in [6, 6.07) is 4.96. The predicted molar refractivity (Wildman–Crippen MR) is 77.9 cm³/mol. The molecule has 0 aromatic heterocycles. The fourth-order valence-electron chi connectivity index (χ4n) is 2.22. The van der Waals surface area contributed by atoms with Gasteiger partial charge in [-0.2, -0.15) is 0 Å². The first kappa shape index (κ1) is 15.5. The van der Waals surface area contributed by atoms with E-state index < -0.39 is 19.9 Å². The summed E-state index contributed by atoms with van der Waals surface area (Å²) in [5, 5.41) is 0. The van der Waals surface area contributed by atoms with E-state index in [2.05, 4.69) is 4.72 Å². The molecule has 5 nitrogen and oxygen atoms in total. The molecule has 7 heteroatoms. The summed E-state index contributed by atoms with van der Waals surface area (Å²) in [4.78, 5) is 0.224. The van der Waals surface area contributed by atoms with E-state index >= 15 is 0 Å². The van der Waals surface area contributed by atoms with Crippen molar-refractivity contribution in [3.8, 4) is 0 Å². The molecule has 0 aliphatic carbocycles. The van der Waals surface area contributed by atoms with E-state index in [0.717, 1.165) is 11.1 Å². The third kappa shape index (κ3) is 3.59. The van der Waals surface area contributed by atoms with Crippen molar-refractivity contribution in [2.75, 3.05) is 18.1 Å². The van der Waals surface area contributed by atoms with Crippen LogP contribution in [0.2, 0.25) is 0 Å². The average Bonchev–Trinajstić information content (AvgIpc) is 2.70. The van der Waals surface area contributed by atoms with Crippen LogP contribution in [-0.4, -0.2) is 34.9 Å². The fourth-order valence-corrected chi connectivity index (χ4v) is 5.29. The van der Waals surface area contributed by atoms with Crippen LogP contribution in [0.1, 0.15) is 17.5 Å². The van der Waals surface area contributed by atoms with Gasteiger partial charge in [-0.15, -0.1) is 0 Å². The van der Waals surface area contributed by atoms with E-state index in [1.165, 1.54) is 0 Å². The van der Waals surface area contributed by atoms with Crippen LogP contribution < -0.4 is 4.72 Å². The molecule has 1 heterocycles. The van der Waals surface area contributed by atoms with Gasteiger partial charge >= 0.3 is 0 Å². The molecule has 0 bridgehead atoms. The van der Waals surface area contributed by atoms with Crippen LogP contribution in [-0.2, 0) is 19.9 Å². The molecule has 20 heavy (non-hydrogen) atoms. The second kappa shape index (κ2) is 5.46. The third-order valence-electron chi connectivity index (χ3n) is 3.68. The predicted octanol–water partition coefficient (Wildman–Crippen LogP) is 1.02. The lowest BCUT2D eigenvalue weighted by atomic mass is 10.1. The fraction of sp³-hybridized carbons (Fsp3) is 0.538. The Kier molecular flexibility index (Phi) is 4.22. The zero-order chi connectivity index (χ0) is 15.0. The summed E-state index contributed by atoms with van der Waals surface area (Å²) < 4.78 is 49.5. The minimum atomic E-state index is -3.57. The Hall–Kier alpha value is -0.920. The van der Waals surface area contributed by atoms with Crippen LogP contribution in [0, 0.1) is 19.8 Å². The highest BCUT2D eigenvalue weighted by Gasteiger charge is 2.29. The van der Waals surface area contributed by atoms with Crippen molar-refractivity contribution in [2.45, 2.75) is 25.2 Å². The van der Waals surface area contributed by atoms with E-state index in [0.29, 0.717) is 6.42 Å². The topological polar surface area (TPSA) is 80.3 Å². The molecular weight excluding hydrogens is 298 g/mol. The molecule has 1 aliphatic heterocycles. The maximum atomic E-state index is 12.2. The maximum absolute atomic E-state index is 12.2. The zero-order valence-corrected chi connectivity index (χ0v) is 13.2. The Morgan fingerprint density at radius 3 is 2.50 bits per heavy atom. The number of aryl methyl sites for hydroxylation is 2. The van der Waals surface area contributed by atoms with E-state index in [-0.39, 0.29) is 28.9 Å². The molecule has 2 rings (SSSR count). The molecule has 1 aliphatic rings. The Morgan fingerprint density at radius 1 is 1.25 bits per heavy atom. The standard InChI is InChI=1S/C13H19NO4S2/c1-10-3-4-13(7-11(10)2)20(17,18)14-8-12-5-6-19(15,16)9-12/h3-4,7,12,14H,5-6,8-9H2,1-2H3/t12-/m1/s1. The lowest BCUT2D eigenvalue weighted by Crippen LogP contribution is -2.30. The number of hydrogen-bond acceptors (Lipinski definition) is 4. The zero-order valence-electron chi connectivity index (χ0n) is 11.6. The molecule has 112 valence electrons. The second-order valence-corrected chi connectivity index (χ2v) is 9.36. The molecule has 1 atom stereocenters. The van der Waals surface area contributed by atoms with Gasteiger partial charge in [0.1, 0.15) is 0 Å². The molecule has 1 N–H and O–H groups in total. The van der Waals surface area contributed by atoms with Crippen molar-refractivity contribution in [3.63, 3.8) is 0 Å². The molecule has 1 aromatic rings. The molecular formula is C13H19NO4S2. The lowest BCUT2D eigenvalue weighted by molar-refractivity contribution is 0.543. The highest BCUT2D eigenvalue weighted by Crippen LogP contribution is 2.19. The van der Waals surface area contributed by atoms with Crippen molar-refractivity contribution in [3.05, 3.63) is 29.3 Å². The van der Waals surface area contributed by atoms with E-state index in [1.807, 2.05) is 13.8 Å². The summed E-state index contributed by atoms with van der Waals surface area (Å²) in [5.41, 5.74) is 1.95. The average molecular weight is 317 g/mol. The summed E-state index contributed by atoms with van der Waals surface area (Å²) in [6.45, 7) is 3.95. The van der Waals surface area contributed by atoms with Crippen LogP contribution in [0.3, 0.4) is 0 Å². The van der Waals surface area contributed by atoms with Gasteiger partial charge in [0.05, 0.1) is 16.4 Å². The summed E-state index contributed by atoms with van der Waals surface area (Å²) in [7, 11) is -6.54. The quantitative estimate of drug-likeness (QED) is 0.899. The van der Waals surface area contributed by atoms with Crippen molar-refractivity contribution >= 4 is 19.9 Å². The van der Waals surface area contributed by atoms with E-state index in [9.17, 15) is 16.8 Å². The van der Waals surface area contributed by atoms with E-state index in [4.69, 9.17) is 0 Å². The van der Waals surface area contributed by atoms with Crippen LogP contribution >= 0.6 is 0 Å². The van der Waals surface area contributed by atoms with Gasteiger partial charge in [-0.25, -0.2) is 21.6 Å². The van der Waals surface area contributed by atoms with Crippen molar-refractivity contribution in [1.29, 1.82) is 0 Å². The minimum Gasteiger partial charge on any atom is -0.229 e. The smallest absolute Gasteiger partial charge is 0.229 e. The number of rotatable bonds is 4. The normalized spacial score (nSPS) is 22.0. The summed E-state index contributed by atoms with van der Waals surface area (Å²) in [5.74, 6) is 0.104. The molecule has 0 unspecified atom stereocenters. The van der Waals surface area contributed by atoms with Gasteiger partial charge in [0, 0.05) is 6.54 Å². The first-order valence-corrected chi connectivity index (χ1v) is 9.77. The second-order valence-electron chi connectivity index (χ2n) is 5.37. The van der Waals surface area contributed by atoms with Crippen LogP contribution in [0.5, 0.6) is 0 Å². The first-order valence-electron chi connectivity index (χ1n) is 6.47. The SMILES string of the molecule is Cc1ccc(S(=O)(=O)NC[C@H]2CCS(=O)(=O)C2)cc1C. The number of hydrogen-bond donors (Lipinski definition) is 1. The molecule has 0 amide bonds. The minimum absolute atomic E-state index is 0.0719. The monoisotopic (exact) mass is 317 g/mol. The molecule has 0 saturated carbocycles. The van der Waals surface area contributed by atoms with Gasteiger partial charge in [0.15, 0.2) is 9.84 Å².